The van der Waals surface area contributed by atoms with Crippen molar-refractivity contribution in [1.29, 1.82) is 0 Å². The number of nitrogens with zero attached hydrogens (tertiary/aromatic N) is 2. The lowest BCUT2D eigenvalue weighted by Crippen LogP contribution is -2.25. The number of aryl methyl sites for hydroxylation is 3. The number of pyridine rings is 1. The fraction of sp³-hybridized carbons (Fsp3) is 0.233. The van der Waals surface area contributed by atoms with Gasteiger partial charge in [0, 0.05) is 35.2 Å². The first-order chi connectivity index (χ1) is 18.0. The van der Waals surface area contributed by atoms with E-state index in [9.17, 15) is 9.59 Å². The number of anilines is 1. The maximum Gasteiger partial charge on any atom is 0.298 e. The lowest BCUT2D eigenvalue weighted by Gasteiger charge is -2.11. The quantitative estimate of drug-likeness (QED) is 0.191. The van der Waals surface area contributed by atoms with Crippen LogP contribution < -0.4 is 14.8 Å². The van der Waals surface area contributed by atoms with Crippen molar-refractivity contribution >= 4 is 17.4 Å². The van der Waals surface area contributed by atoms with Crippen LogP contribution in [0.3, 0.4) is 0 Å². The van der Waals surface area contributed by atoms with E-state index in [1.807, 2.05) is 66.9 Å². The topological polar surface area (TPSA) is 82.5 Å². The standard InChI is InChI=1S/C30H29N3O4/c1-20-17-21(2)31-27(18-20)37-16-15-36-25-12-10-23(11-13-25)32-30(35)29(34)28-26(22-7-4-3-5-8-22)19-24-9-6-14-33(24)28/h3-5,7-8,10-13,17-19H,6,9,14-16H2,1-2H3,(H,32,35). The molecular weight excluding hydrogens is 466 g/mol. The Hall–Kier alpha value is -4.39. The van der Waals surface area contributed by atoms with Gasteiger partial charge in [-0.05, 0) is 74.2 Å². The molecule has 0 radical (unpaired) electrons. The third kappa shape index (κ3) is 5.56. The second kappa shape index (κ2) is 10.7. The predicted octanol–water partition coefficient (Wildman–Crippen LogP) is 5.39. The summed E-state index contributed by atoms with van der Waals surface area (Å²) in [5.74, 6) is 0.0161. The van der Waals surface area contributed by atoms with Crippen molar-refractivity contribution in [2.45, 2.75) is 33.2 Å². The largest absolute Gasteiger partial charge is 0.490 e. The van der Waals surface area contributed by atoms with Crippen molar-refractivity contribution in [3.63, 3.8) is 0 Å². The molecule has 0 atom stereocenters. The Morgan fingerprint density at radius 1 is 0.946 bits per heavy atom. The Morgan fingerprint density at radius 3 is 2.46 bits per heavy atom. The Kier molecular flexibility index (Phi) is 7.03. The van der Waals surface area contributed by atoms with Gasteiger partial charge in [-0.25, -0.2) is 4.98 Å². The first-order valence-corrected chi connectivity index (χ1v) is 12.4. The van der Waals surface area contributed by atoms with Gasteiger partial charge in [-0.3, -0.25) is 9.59 Å². The van der Waals surface area contributed by atoms with Crippen LogP contribution in [-0.2, 0) is 17.8 Å². The van der Waals surface area contributed by atoms with Crippen LogP contribution in [0.2, 0.25) is 0 Å². The van der Waals surface area contributed by atoms with Gasteiger partial charge in [-0.15, -0.1) is 0 Å². The van der Waals surface area contributed by atoms with E-state index in [0.717, 1.165) is 47.5 Å². The van der Waals surface area contributed by atoms with Gasteiger partial charge >= 0.3 is 0 Å². The van der Waals surface area contributed by atoms with Crippen molar-refractivity contribution in [2.75, 3.05) is 18.5 Å². The number of benzene rings is 2. The van der Waals surface area contributed by atoms with Gasteiger partial charge in [0.05, 0.1) is 0 Å². The van der Waals surface area contributed by atoms with E-state index in [1.165, 1.54) is 0 Å². The van der Waals surface area contributed by atoms with Gasteiger partial charge in [0.15, 0.2) is 0 Å². The molecule has 0 spiro atoms. The number of amides is 1. The lowest BCUT2D eigenvalue weighted by molar-refractivity contribution is -0.112. The van der Waals surface area contributed by atoms with E-state index in [-0.39, 0.29) is 0 Å². The minimum absolute atomic E-state index is 0.348. The second-order valence-electron chi connectivity index (χ2n) is 9.15. The number of nitrogens with one attached hydrogen (secondary N) is 1. The van der Waals surface area contributed by atoms with Gasteiger partial charge in [-0.1, -0.05) is 30.3 Å². The summed E-state index contributed by atoms with van der Waals surface area (Å²) in [6, 6.07) is 22.6. The number of carbonyl (C=O) groups excluding carboxylic acids is 2. The molecule has 0 fully saturated rings. The molecule has 0 saturated carbocycles. The molecule has 188 valence electrons. The van der Waals surface area contributed by atoms with E-state index in [2.05, 4.69) is 10.3 Å². The predicted molar refractivity (Wildman–Crippen MR) is 142 cm³/mol. The number of hydrogen-bond acceptors (Lipinski definition) is 5. The molecule has 7 nitrogen and oxygen atoms in total. The summed E-state index contributed by atoms with van der Waals surface area (Å²) < 4.78 is 13.4. The van der Waals surface area contributed by atoms with Crippen LogP contribution in [0.1, 0.15) is 33.9 Å². The van der Waals surface area contributed by atoms with Crippen LogP contribution in [-0.4, -0.2) is 34.5 Å². The molecule has 2 aromatic heterocycles. The van der Waals surface area contributed by atoms with Crippen LogP contribution in [0.4, 0.5) is 5.69 Å². The summed E-state index contributed by atoms with van der Waals surface area (Å²) in [5, 5.41) is 2.74. The van der Waals surface area contributed by atoms with E-state index in [0.29, 0.717) is 36.2 Å². The number of rotatable bonds is 9. The minimum atomic E-state index is -0.659. The van der Waals surface area contributed by atoms with Crippen molar-refractivity contribution in [1.82, 2.24) is 9.55 Å². The van der Waals surface area contributed by atoms with Gasteiger partial charge in [-0.2, -0.15) is 0 Å². The number of aromatic nitrogens is 2. The van der Waals surface area contributed by atoms with Crippen molar-refractivity contribution < 1.29 is 19.1 Å². The number of fused-ring (bicyclic) bond motifs is 1. The first-order valence-electron chi connectivity index (χ1n) is 12.4. The number of ether oxygens (including phenoxy) is 2. The van der Waals surface area contributed by atoms with Crippen molar-refractivity contribution in [2.24, 2.45) is 0 Å². The fourth-order valence-corrected chi connectivity index (χ4v) is 4.68. The molecule has 1 amide bonds. The number of ketones is 1. The zero-order valence-electron chi connectivity index (χ0n) is 21.0. The minimum Gasteiger partial charge on any atom is -0.490 e. The summed E-state index contributed by atoms with van der Waals surface area (Å²) in [6.07, 6.45) is 1.88. The van der Waals surface area contributed by atoms with Crippen molar-refractivity contribution in [3.05, 3.63) is 95.4 Å². The smallest absolute Gasteiger partial charge is 0.298 e. The molecular formula is C30H29N3O4. The van der Waals surface area contributed by atoms with Crippen molar-refractivity contribution in [3.8, 4) is 22.8 Å². The third-order valence-electron chi connectivity index (χ3n) is 6.29. The Balaban J connectivity index is 1.19. The van der Waals surface area contributed by atoms with Crippen LogP contribution in [0.15, 0.2) is 72.8 Å². The average Bonchev–Trinajstić information content (AvgIpc) is 3.49. The van der Waals surface area contributed by atoms with Crippen LogP contribution in [0.25, 0.3) is 11.1 Å². The van der Waals surface area contributed by atoms with Gasteiger partial charge in [0.2, 0.25) is 5.88 Å². The van der Waals surface area contributed by atoms with Gasteiger partial charge in [0.1, 0.15) is 24.7 Å². The third-order valence-corrected chi connectivity index (χ3v) is 6.29. The van der Waals surface area contributed by atoms with Gasteiger partial charge in [0.25, 0.3) is 11.7 Å². The molecule has 0 unspecified atom stereocenters. The summed E-state index contributed by atoms with van der Waals surface area (Å²) in [4.78, 5) is 30.6. The average molecular weight is 496 g/mol. The normalized spacial score (nSPS) is 12.2. The zero-order chi connectivity index (χ0) is 25.8. The summed E-state index contributed by atoms with van der Waals surface area (Å²) in [5.41, 5.74) is 5.80. The monoisotopic (exact) mass is 495 g/mol. The lowest BCUT2D eigenvalue weighted by atomic mass is 10.0. The zero-order valence-corrected chi connectivity index (χ0v) is 21.0. The van der Waals surface area contributed by atoms with Crippen LogP contribution in [0.5, 0.6) is 11.6 Å². The molecule has 1 aliphatic rings. The van der Waals surface area contributed by atoms with E-state index >= 15 is 0 Å². The molecule has 3 heterocycles. The maximum absolute atomic E-state index is 13.3. The van der Waals surface area contributed by atoms with Crippen LogP contribution in [0, 0.1) is 13.8 Å². The summed E-state index contributed by atoms with van der Waals surface area (Å²) in [7, 11) is 0. The van der Waals surface area contributed by atoms with Crippen LogP contribution >= 0.6 is 0 Å². The molecule has 1 N–H and O–H groups in total. The number of hydrogen-bond donors (Lipinski definition) is 1. The molecule has 2 aromatic carbocycles. The van der Waals surface area contributed by atoms with E-state index in [4.69, 9.17) is 9.47 Å². The number of carbonyl (C=O) groups is 2. The molecule has 7 heteroatoms. The SMILES string of the molecule is Cc1cc(C)nc(OCCOc2ccc(NC(=O)C(=O)c3c(-c4ccccc4)cc4n3CCC4)cc2)c1. The first kappa shape index (κ1) is 24.3. The summed E-state index contributed by atoms with van der Waals surface area (Å²) in [6.45, 7) is 5.37. The Bertz CT molecular complexity index is 1410. The van der Waals surface area contributed by atoms with Gasteiger partial charge < -0.3 is 19.4 Å². The highest BCUT2D eigenvalue weighted by molar-refractivity contribution is 6.47. The molecule has 1 aliphatic heterocycles. The molecule has 0 bridgehead atoms. The number of Topliss-reactive ketones (excluding diaryl/α,β-unsaturated/α-hetero) is 1. The van der Waals surface area contributed by atoms with E-state index < -0.39 is 11.7 Å². The molecule has 5 rings (SSSR count). The Labute approximate surface area is 216 Å². The summed E-state index contributed by atoms with van der Waals surface area (Å²) >= 11 is 0. The highest BCUT2D eigenvalue weighted by Gasteiger charge is 2.28. The molecule has 37 heavy (non-hydrogen) atoms. The molecule has 4 aromatic rings. The van der Waals surface area contributed by atoms with E-state index in [1.54, 1.807) is 24.3 Å². The fourth-order valence-electron chi connectivity index (χ4n) is 4.68. The maximum atomic E-state index is 13.3. The highest BCUT2D eigenvalue weighted by atomic mass is 16.5. The molecule has 0 saturated heterocycles. The highest BCUT2D eigenvalue weighted by Crippen LogP contribution is 2.32. The molecule has 0 aliphatic carbocycles. The Morgan fingerprint density at radius 2 is 1.70 bits per heavy atom. The second-order valence-corrected chi connectivity index (χ2v) is 9.15.